The van der Waals surface area contributed by atoms with E-state index in [4.69, 9.17) is 9.47 Å². The van der Waals surface area contributed by atoms with Gasteiger partial charge in [0.15, 0.2) is 11.4 Å². The number of ether oxygens (including phenoxy) is 2. The average molecular weight is 653 g/mol. The van der Waals surface area contributed by atoms with E-state index < -0.39 is 41.3 Å². The second-order valence-electron chi connectivity index (χ2n) is 13.8. The van der Waals surface area contributed by atoms with E-state index in [9.17, 15) is 19.4 Å². The van der Waals surface area contributed by atoms with Gasteiger partial charge in [-0.2, -0.15) is 5.26 Å². The number of hydrogen-bond acceptors (Lipinski definition) is 8. The van der Waals surface area contributed by atoms with Crippen LogP contribution in [0.1, 0.15) is 101 Å². The fraction of sp³-hybridized carbons (Fsp3) is 0.633. The van der Waals surface area contributed by atoms with Gasteiger partial charge in [-0.05, 0) is 53.5 Å². The zero-order valence-corrected chi connectivity index (χ0v) is 29.7. The van der Waals surface area contributed by atoms with E-state index in [2.05, 4.69) is 13.7 Å². The van der Waals surface area contributed by atoms with Gasteiger partial charge in [-0.25, -0.2) is 18.0 Å². The summed E-state index contributed by atoms with van der Waals surface area (Å²) in [5.41, 5.74) is -0.201. The van der Waals surface area contributed by atoms with Gasteiger partial charge in [0.25, 0.3) is 5.91 Å². The normalized spacial score (nSPS) is 18.4. The number of nitriles is 1. The summed E-state index contributed by atoms with van der Waals surface area (Å²) >= 11 is 0.990. The molecule has 1 aliphatic heterocycles. The van der Waals surface area contributed by atoms with Gasteiger partial charge in [-0.15, -0.1) is 15.7 Å². The summed E-state index contributed by atoms with van der Waals surface area (Å²) < 4.78 is 49.3. The molecule has 0 radical (unpaired) electrons. The van der Waals surface area contributed by atoms with E-state index in [0.717, 1.165) is 11.3 Å². The first kappa shape index (κ1) is 35.4. The highest BCUT2D eigenvalue weighted by molar-refractivity contribution is 7.95. The van der Waals surface area contributed by atoms with E-state index >= 15 is 4.39 Å². The highest BCUT2D eigenvalue weighted by Crippen LogP contribution is 2.39. The lowest BCUT2D eigenvalue weighted by Gasteiger charge is -2.39. The van der Waals surface area contributed by atoms with Crippen LogP contribution in [0.4, 0.5) is 4.39 Å². The van der Waals surface area contributed by atoms with Crippen LogP contribution in [0, 0.1) is 17.1 Å². The van der Waals surface area contributed by atoms with Gasteiger partial charge in [0.05, 0.1) is 31.4 Å². The lowest BCUT2D eigenvalue weighted by molar-refractivity contribution is -0.304. The Morgan fingerprint density at radius 2 is 1.84 bits per heavy atom. The van der Waals surface area contributed by atoms with Gasteiger partial charge in [0.2, 0.25) is 0 Å². The average Bonchev–Trinajstić information content (AvgIpc) is 3.37. The molecule has 1 aromatic heterocycles. The molecule has 238 valence electrons. The van der Waals surface area contributed by atoms with Crippen LogP contribution in [0.15, 0.2) is 20.8 Å². The van der Waals surface area contributed by atoms with Crippen molar-refractivity contribution in [2.24, 2.45) is 4.36 Å². The molecule has 3 rings (SSSR count). The summed E-state index contributed by atoms with van der Waals surface area (Å²) in [5, 5.41) is 20.8. The molecule has 43 heavy (non-hydrogen) atoms. The standard InChI is InChI=1S/C30H45FN4O5S2Si/c1-18(2)21-12-20(14-32)26(31)25(19(3)4)22(21)13-23(36)34-42(38,35-43(10,11)28(5,6)7)24-15-33-27(41-24)30(37)16-39-29(8,9)40-17-30/h12,15,18-19,37H,13,16-17H2,1-11H3,(H,34,35,36,38). The molecular weight excluding hydrogens is 608 g/mol. The third kappa shape index (κ3) is 7.61. The SMILES string of the molecule is CC(C)c1cc(C#N)c(F)c(C(C)C)c1CC(=O)N=S(=O)(N[Si](C)(C)C(C)(C)C)c1cnc(C2(O)COC(C)(C)OC2)s1. The maximum absolute atomic E-state index is 15.4. The minimum absolute atomic E-state index is 0.0694. The number of benzene rings is 1. The highest BCUT2D eigenvalue weighted by atomic mass is 32.2. The van der Waals surface area contributed by atoms with E-state index in [1.807, 2.05) is 53.8 Å². The van der Waals surface area contributed by atoms with Crippen molar-refractivity contribution in [3.63, 3.8) is 0 Å². The van der Waals surface area contributed by atoms with Crippen molar-refractivity contribution in [2.45, 2.75) is 114 Å². The lowest BCUT2D eigenvalue weighted by Crippen LogP contribution is -2.54. The molecule has 2 N–H and O–H groups in total. The number of halogens is 1. The summed E-state index contributed by atoms with van der Waals surface area (Å²) in [5.74, 6) is -2.61. The number of nitrogens with zero attached hydrogens (tertiary/aromatic N) is 3. The molecular formula is C30H45FN4O5S2Si. The first-order valence-electron chi connectivity index (χ1n) is 14.4. The molecule has 1 fully saturated rings. The van der Waals surface area contributed by atoms with Crippen molar-refractivity contribution < 1.29 is 28.0 Å². The topological polar surface area (TPSA) is 134 Å². The second-order valence-corrected chi connectivity index (χ2v) is 22.3. The summed E-state index contributed by atoms with van der Waals surface area (Å²) in [4.78, 5) is 18.1. The Kier molecular flexibility index (Phi) is 10.2. The van der Waals surface area contributed by atoms with Gasteiger partial charge >= 0.3 is 0 Å². The first-order valence-corrected chi connectivity index (χ1v) is 19.7. The zero-order chi connectivity index (χ0) is 32.8. The fourth-order valence-electron chi connectivity index (χ4n) is 4.47. The first-order chi connectivity index (χ1) is 19.6. The third-order valence-corrected chi connectivity index (χ3v) is 18.0. The molecule has 2 heterocycles. The molecule has 0 saturated carbocycles. The summed E-state index contributed by atoms with van der Waals surface area (Å²) in [6.07, 6.45) is 1.09. The number of thiazole rings is 1. The molecule has 1 atom stereocenters. The van der Waals surface area contributed by atoms with Crippen molar-refractivity contribution in [2.75, 3.05) is 13.2 Å². The van der Waals surface area contributed by atoms with Crippen molar-refractivity contribution >= 4 is 35.4 Å². The molecule has 1 aliphatic rings. The Labute approximate surface area is 260 Å². The van der Waals surface area contributed by atoms with Gasteiger partial charge in [0, 0.05) is 0 Å². The van der Waals surface area contributed by atoms with Crippen molar-refractivity contribution in [3.8, 4) is 6.07 Å². The Morgan fingerprint density at radius 1 is 1.26 bits per heavy atom. The Morgan fingerprint density at radius 3 is 2.33 bits per heavy atom. The van der Waals surface area contributed by atoms with Crippen LogP contribution in [0.25, 0.3) is 0 Å². The number of hydrogen-bond donors (Lipinski definition) is 2. The number of rotatable bonds is 8. The molecule has 0 bridgehead atoms. The molecule has 0 spiro atoms. The monoisotopic (exact) mass is 652 g/mol. The number of carbonyl (C=O) groups is 1. The number of aromatic nitrogens is 1. The molecule has 1 amide bonds. The minimum atomic E-state index is -3.58. The quantitative estimate of drug-likeness (QED) is 0.312. The van der Waals surface area contributed by atoms with E-state index in [1.54, 1.807) is 27.7 Å². The third-order valence-electron chi connectivity index (χ3n) is 8.07. The molecule has 0 aliphatic carbocycles. The van der Waals surface area contributed by atoms with Crippen LogP contribution in [0.3, 0.4) is 0 Å². The number of carbonyl (C=O) groups excluding carboxylic acids is 1. The van der Waals surface area contributed by atoms with Crippen molar-refractivity contribution in [1.29, 1.82) is 5.26 Å². The predicted octanol–water partition coefficient (Wildman–Crippen LogP) is 6.48. The molecule has 9 nitrogen and oxygen atoms in total. The van der Waals surface area contributed by atoms with Crippen molar-refractivity contribution in [1.82, 2.24) is 9.37 Å². The maximum Gasteiger partial charge on any atom is 0.259 e. The van der Waals surface area contributed by atoms with Gasteiger partial charge in [0.1, 0.15) is 39.3 Å². The van der Waals surface area contributed by atoms with Crippen LogP contribution in [0.2, 0.25) is 18.1 Å². The van der Waals surface area contributed by atoms with Crippen LogP contribution in [0.5, 0.6) is 0 Å². The summed E-state index contributed by atoms with van der Waals surface area (Å²) in [6.45, 7) is 20.9. The predicted molar refractivity (Wildman–Crippen MR) is 169 cm³/mol. The second kappa shape index (κ2) is 12.4. The van der Waals surface area contributed by atoms with Crippen LogP contribution in [-0.2, 0) is 36.2 Å². The fourth-order valence-corrected chi connectivity index (χ4v) is 11.6. The van der Waals surface area contributed by atoms with E-state index in [-0.39, 0.29) is 56.9 Å². The Hall–Kier alpha value is -2.05. The minimum Gasteiger partial charge on any atom is -0.378 e. The van der Waals surface area contributed by atoms with Gasteiger partial charge in [-0.3, -0.25) is 4.79 Å². The Balaban J connectivity index is 2.16. The highest BCUT2D eigenvalue weighted by Gasteiger charge is 2.44. The summed E-state index contributed by atoms with van der Waals surface area (Å²) in [6, 6.07) is 3.42. The van der Waals surface area contributed by atoms with Gasteiger partial charge in [-0.1, -0.05) is 61.6 Å². The van der Waals surface area contributed by atoms with Crippen LogP contribution >= 0.6 is 11.3 Å². The zero-order valence-electron chi connectivity index (χ0n) is 27.0. The van der Waals surface area contributed by atoms with E-state index in [1.165, 1.54) is 12.3 Å². The maximum atomic E-state index is 15.4. The number of amides is 1. The Bertz CT molecular complexity index is 1540. The molecule has 1 saturated heterocycles. The van der Waals surface area contributed by atoms with Gasteiger partial charge < -0.3 is 14.6 Å². The summed E-state index contributed by atoms with van der Waals surface area (Å²) in [7, 11) is -6.11. The lowest BCUT2D eigenvalue weighted by atomic mass is 9.85. The molecule has 1 aromatic carbocycles. The van der Waals surface area contributed by atoms with Crippen LogP contribution < -0.4 is 4.39 Å². The molecule has 13 heteroatoms. The molecule has 2 aromatic rings. The molecule has 1 unspecified atom stereocenters. The number of aliphatic hydroxyl groups is 1. The van der Waals surface area contributed by atoms with E-state index in [0.29, 0.717) is 11.1 Å². The number of nitrogens with one attached hydrogen (secondary N) is 1. The van der Waals surface area contributed by atoms with Crippen LogP contribution in [-0.4, -0.2) is 47.4 Å². The smallest absolute Gasteiger partial charge is 0.259 e. The van der Waals surface area contributed by atoms with Crippen molar-refractivity contribution in [3.05, 3.63) is 45.3 Å². The largest absolute Gasteiger partial charge is 0.378 e.